The van der Waals surface area contributed by atoms with E-state index in [0.29, 0.717) is 0 Å². The van der Waals surface area contributed by atoms with Crippen molar-refractivity contribution in [1.82, 2.24) is 0 Å². The number of carboxylic acid groups (broad SMARTS) is 2. The van der Waals surface area contributed by atoms with Crippen LogP contribution >= 0.6 is 0 Å². The molecule has 0 bridgehead atoms. The van der Waals surface area contributed by atoms with Crippen molar-refractivity contribution in [2.75, 3.05) is 55.4 Å². The van der Waals surface area contributed by atoms with Crippen molar-refractivity contribution in [3.63, 3.8) is 0 Å². The molecule has 0 saturated carbocycles. The third-order valence-electron chi connectivity index (χ3n) is 4.31. The fraction of sp³-hybridized carbons (Fsp3) is 0.789. The van der Waals surface area contributed by atoms with E-state index in [-0.39, 0.29) is 22.1 Å². The Morgan fingerprint density at radius 2 is 0.933 bits per heavy atom. The largest absolute Gasteiger partial charge is 0.549 e. The summed E-state index contributed by atoms with van der Waals surface area (Å²) in [5, 5.41) is 52.9. The molecule has 0 heterocycles. The summed E-state index contributed by atoms with van der Waals surface area (Å²) in [5.74, 6) is -9.54. The van der Waals surface area contributed by atoms with E-state index in [1.807, 2.05) is 0 Å². The Balaban J connectivity index is 5.19. The first-order valence-electron chi connectivity index (χ1n) is 9.48. The molecule has 0 aromatic heterocycles. The van der Waals surface area contributed by atoms with Gasteiger partial charge in [-0.15, -0.1) is 0 Å². The number of ketones is 2. The van der Waals surface area contributed by atoms with Crippen LogP contribution in [-0.4, -0.2) is 121 Å². The molecule has 0 rings (SSSR count). The van der Waals surface area contributed by atoms with Gasteiger partial charge in [0, 0.05) is 12.8 Å². The molecular formula is C19H34N2O9. The highest BCUT2D eigenvalue weighted by atomic mass is 16.4. The number of Topliss-reactive ketones (excluding diaryl/α,β-unsaturated/α-hetero) is 2. The van der Waals surface area contributed by atoms with Gasteiger partial charge in [-0.3, -0.25) is 9.59 Å². The maximum absolute atomic E-state index is 12.3. The molecule has 0 spiro atoms. The number of nitrogens with zero attached hydrogens (tertiary/aromatic N) is 2. The average Bonchev–Trinajstić information content (AvgIpc) is 2.41. The van der Waals surface area contributed by atoms with Crippen LogP contribution in [0.1, 0.15) is 12.8 Å². The number of likely N-dealkylation sites (N-methyl/N-ethyl adjacent to an activating group) is 2. The highest BCUT2D eigenvalue weighted by Crippen LogP contribution is 2.17. The molecule has 4 unspecified atom stereocenters. The van der Waals surface area contributed by atoms with Crippen molar-refractivity contribution < 1.29 is 53.7 Å². The van der Waals surface area contributed by atoms with Crippen molar-refractivity contribution in [3.8, 4) is 0 Å². The average molecular weight is 434 g/mol. The smallest absolute Gasteiger partial charge is 0.147 e. The van der Waals surface area contributed by atoms with Crippen LogP contribution in [0.4, 0.5) is 0 Å². The lowest BCUT2D eigenvalue weighted by Crippen LogP contribution is -2.52. The number of carboxylic acids is 2. The molecule has 0 saturated heterocycles. The molecule has 30 heavy (non-hydrogen) atoms. The minimum atomic E-state index is -1.91. The fourth-order valence-electron chi connectivity index (χ4n) is 3.13. The Morgan fingerprint density at radius 3 is 1.13 bits per heavy atom. The van der Waals surface area contributed by atoms with E-state index >= 15 is 0 Å². The standard InChI is InChI=1S/C19H34N2O9/c1-20(2,3)9-14(25)16(18(27)28)12(23)7-11(22)8-13(24)17(19(29)30)15(26)10-21(4,5)6/h11,14-17,22,25-26H,7-10H2,1-6H3. The zero-order valence-electron chi connectivity index (χ0n) is 18.4. The molecule has 0 aromatic rings. The van der Waals surface area contributed by atoms with Crippen molar-refractivity contribution in [1.29, 1.82) is 0 Å². The molecule has 3 N–H and O–H groups in total. The first-order valence-corrected chi connectivity index (χ1v) is 9.48. The van der Waals surface area contributed by atoms with Crippen LogP contribution in [0.15, 0.2) is 0 Å². The maximum atomic E-state index is 12.3. The number of aliphatic hydroxyl groups is 3. The van der Waals surface area contributed by atoms with Crippen LogP contribution in [0.2, 0.25) is 0 Å². The molecule has 11 nitrogen and oxygen atoms in total. The van der Waals surface area contributed by atoms with Gasteiger partial charge in [0.1, 0.15) is 36.9 Å². The first kappa shape index (κ1) is 28.1. The quantitative estimate of drug-likeness (QED) is 0.179. The van der Waals surface area contributed by atoms with E-state index in [0.717, 1.165) is 0 Å². The number of aliphatic hydroxyl groups excluding tert-OH is 3. The number of rotatable bonds is 14. The molecule has 0 radical (unpaired) electrons. The monoisotopic (exact) mass is 434 g/mol. The molecule has 0 aliphatic carbocycles. The second-order valence-electron chi connectivity index (χ2n) is 9.67. The highest BCUT2D eigenvalue weighted by Gasteiger charge is 2.36. The Bertz CT molecular complexity index is 583. The summed E-state index contributed by atoms with van der Waals surface area (Å²) in [6.07, 6.45) is -6.45. The van der Waals surface area contributed by atoms with Crippen molar-refractivity contribution in [2.24, 2.45) is 11.8 Å². The predicted octanol–water partition coefficient (Wildman–Crippen LogP) is -4.87. The van der Waals surface area contributed by atoms with Crippen LogP contribution in [0, 0.1) is 11.8 Å². The lowest BCUT2D eigenvalue weighted by molar-refractivity contribution is -0.873. The normalized spacial score (nSPS) is 17.5. The summed E-state index contributed by atoms with van der Waals surface area (Å²) >= 11 is 0. The van der Waals surface area contributed by atoms with E-state index in [9.17, 15) is 44.7 Å². The van der Waals surface area contributed by atoms with Gasteiger partial charge in [-0.1, -0.05) is 0 Å². The molecule has 174 valence electrons. The summed E-state index contributed by atoms with van der Waals surface area (Å²) in [4.78, 5) is 47.2. The number of quaternary nitrogens is 2. The van der Waals surface area contributed by atoms with Gasteiger partial charge in [0.25, 0.3) is 0 Å². The Morgan fingerprint density at radius 1 is 0.667 bits per heavy atom. The van der Waals surface area contributed by atoms with Gasteiger partial charge in [0.05, 0.1) is 72.2 Å². The number of hydrogen-bond acceptors (Lipinski definition) is 9. The number of carbonyl (C=O) groups is 4. The molecule has 0 aliphatic heterocycles. The van der Waals surface area contributed by atoms with Gasteiger partial charge < -0.3 is 44.1 Å². The lowest BCUT2D eigenvalue weighted by atomic mass is 9.89. The van der Waals surface area contributed by atoms with E-state index in [1.165, 1.54) is 0 Å². The molecule has 0 aliphatic rings. The zero-order chi connectivity index (χ0) is 24.0. The summed E-state index contributed by atoms with van der Waals surface area (Å²) in [6, 6.07) is 0. The molecule has 0 aromatic carbocycles. The van der Waals surface area contributed by atoms with E-state index in [2.05, 4.69) is 0 Å². The zero-order valence-corrected chi connectivity index (χ0v) is 18.4. The Hall–Kier alpha value is -1.92. The van der Waals surface area contributed by atoms with Gasteiger partial charge in [-0.25, -0.2) is 0 Å². The van der Waals surface area contributed by atoms with Gasteiger partial charge in [-0.2, -0.15) is 0 Å². The van der Waals surface area contributed by atoms with Crippen LogP contribution in [0.3, 0.4) is 0 Å². The molecular weight excluding hydrogens is 400 g/mol. The van der Waals surface area contributed by atoms with Crippen LogP contribution in [-0.2, 0) is 19.2 Å². The predicted molar refractivity (Wildman–Crippen MR) is 100 cm³/mol. The van der Waals surface area contributed by atoms with Gasteiger partial charge in [0.2, 0.25) is 0 Å². The molecule has 4 atom stereocenters. The second-order valence-corrected chi connectivity index (χ2v) is 9.67. The van der Waals surface area contributed by atoms with E-state index in [4.69, 9.17) is 0 Å². The summed E-state index contributed by atoms with van der Waals surface area (Å²) in [7, 11) is 10.1. The van der Waals surface area contributed by atoms with E-state index < -0.39 is 66.5 Å². The lowest BCUT2D eigenvalue weighted by Gasteiger charge is -2.31. The topological polar surface area (TPSA) is 175 Å². The van der Waals surface area contributed by atoms with Crippen molar-refractivity contribution in [3.05, 3.63) is 0 Å². The number of hydrogen-bond donors (Lipinski definition) is 3. The minimum absolute atomic E-state index is 0.0799. The summed E-state index contributed by atoms with van der Waals surface area (Å²) in [5.41, 5.74) is 0. The first-order chi connectivity index (χ1) is 13.4. The van der Waals surface area contributed by atoms with Gasteiger partial charge >= 0.3 is 0 Å². The van der Waals surface area contributed by atoms with Gasteiger partial charge in [-0.05, 0) is 0 Å². The fourth-order valence-corrected chi connectivity index (χ4v) is 3.13. The minimum Gasteiger partial charge on any atom is -0.549 e. The van der Waals surface area contributed by atoms with Gasteiger partial charge in [0.15, 0.2) is 0 Å². The van der Waals surface area contributed by atoms with Crippen molar-refractivity contribution in [2.45, 2.75) is 31.2 Å². The molecule has 0 fully saturated rings. The maximum Gasteiger partial charge on any atom is 0.147 e. The third kappa shape index (κ3) is 10.2. The van der Waals surface area contributed by atoms with E-state index in [1.54, 1.807) is 42.3 Å². The SMILES string of the molecule is C[N+](C)(C)CC(O)C(C(=O)[O-])C(=O)CC(O)CC(=O)C(C(=O)[O-])C(O)C[N+](C)(C)C. The summed E-state index contributed by atoms with van der Waals surface area (Å²) < 4.78 is 0.327. The van der Waals surface area contributed by atoms with Crippen LogP contribution < -0.4 is 10.2 Å². The molecule has 11 heteroatoms. The second kappa shape index (κ2) is 10.9. The highest BCUT2D eigenvalue weighted by molar-refractivity contribution is 6.00. The number of aliphatic carboxylic acids is 2. The molecule has 0 amide bonds. The summed E-state index contributed by atoms with van der Waals surface area (Å²) in [6.45, 7) is -0.160. The van der Waals surface area contributed by atoms with Crippen LogP contribution in [0.25, 0.3) is 0 Å². The Kier molecular flexibility index (Phi) is 10.2. The van der Waals surface area contributed by atoms with Crippen molar-refractivity contribution >= 4 is 23.5 Å². The number of carbonyl (C=O) groups excluding carboxylic acids is 4. The van der Waals surface area contributed by atoms with Crippen LogP contribution in [0.5, 0.6) is 0 Å². The Labute approximate surface area is 176 Å². The third-order valence-corrected chi connectivity index (χ3v) is 4.31.